The van der Waals surface area contributed by atoms with Gasteiger partial charge in [0, 0.05) is 35.1 Å². The van der Waals surface area contributed by atoms with Gasteiger partial charge in [0.25, 0.3) is 11.2 Å². The number of anilines is 2. The number of fused-ring (bicyclic) bond motifs is 1. The fourth-order valence-electron chi connectivity index (χ4n) is 3.19. The first-order chi connectivity index (χ1) is 13.9. The molecule has 1 aliphatic heterocycles. The molecule has 146 valence electrons. The second-order valence-electron chi connectivity index (χ2n) is 6.75. The molecule has 1 aliphatic rings. The zero-order valence-corrected chi connectivity index (χ0v) is 15.8. The van der Waals surface area contributed by atoms with E-state index in [1.165, 1.54) is 22.8 Å². The van der Waals surface area contributed by atoms with Crippen molar-refractivity contribution in [3.63, 3.8) is 0 Å². The highest BCUT2D eigenvalue weighted by Gasteiger charge is 2.26. The zero-order valence-electron chi connectivity index (χ0n) is 15.8. The number of aliphatic imine (C=N–C) groups is 1. The van der Waals surface area contributed by atoms with Crippen LogP contribution in [0, 0.1) is 24.0 Å². The average molecular weight is 390 g/mol. The summed E-state index contributed by atoms with van der Waals surface area (Å²) in [5.41, 5.74) is 2.60. The molecule has 0 bridgehead atoms. The molecule has 0 aliphatic carbocycles. The molecule has 29 heavy (non-hydrogen) atoms. The van der Waals surface area contributed by atoms with E-state index in [9.17, 15) is 14.9 Å². The lowest BCUT2D eigenvalue weighted by atomic mass is 10.1. The predicted molar refractivity (Wildman–Crippen MR) is 110 cm³/mol. The Bertz CT molecular complexity index is 1200. The van der Waals surface area contributed by atoms with E-state index < -0.39 is 11.1 Å². The summed E-state index contributed by atoms with van der Waals surface area (Å²) in [6.45, 7) is 3.71. The summed E-state index contributed by atoms with van der Waals surface area (Å²) < 4.78 is 1.38. The second-order valence-corrected chi connectivity index (χ2v) is 6.75. The van der Waals surface area contributed by atoms with Gasteiger partial charge in [-0.1, -0.05) is 24.3 Å². The van der Waals surface area contributed by atoms with Crippen LogP contribution in [0.1, 0.15) is 23.0 Å². The number of rotatable bonds is 3. The molecule has 0 amide bonds. The van der Waals surface area contributed by atoms with Crippen molar-refractivity contribution < 1.29 is 4.92 Å². The number of non-ortho nitro benzene ring substituents is 1. The number of benzene rings is 2. The Balaban J connectivity index is 1.82. The van der Waals surface area contributed by atoms with Gasteiger partial charge in [0.05, 0.1) is 4.92 Å². The molecule has 1 atom stereocenters. The topological polar surface area (TPSA) is 114 Å². The van der Waals surface area contributed by atoms with Crippen LogP contribution in [0.4, 0.5) is 17.3 Å². The van der Waals surface area contributed by atoms with Gasteiger partial charge < -0.3 is 5.32 Å². The van der Waals surface area contributed by atoms with Crippen molar-refractivity contribution >= 4 is 23.3 Å². The monoisotopic (exact) mass is 390 g/mol. The van der Waals surface area contributed by atoms with Crippen LogP contribution in [-0.4, -0.2) is 20.4 Å². The Labute approximate surface area is 165 Å². The highest BCUT2D eigenvalue weighted by atomic mass is 16.6. The number of nitrogens with zero attached hydrogens (tertiary/aromatic N) is 4. The molecule has 9 heteroatoms. The van der Waals surface area contributed by atoms with Crippen molar-refractivity contribution in [3.8, 4) is 0 Å². The van der Waals surface area contributed by atoms with Crippen LogP contribution >= 0.6 is 0 Å². The summed E-state index contributed by atoms with van der Waals surface area (Å²) in [6.07, 6.45) is -0.793. The van der Waals surface area contributed by atoms with Crippen molar-refractivity contribution in [1.82, 2.24) is 9.55 Å². The minimum atomic E-state index is -0.793. The van der Waals surface area contributed by atoms with Crippen molar-refractivity contribution in [3.05, 3.63) is 91.9 Å². The van der Waals surface area contributed by atoms with E-state index in [4.69, 9.17) is 0 Å². The van der Waals surface area contributed by atoms with Gasteiger partial charge in [-0.05, 0) is 31.5 Å². The van der Waals surface area contributed by atoms with E-state index in [0.29, 0.717) is 23.2 Å². The van der Waals surface area contributed by atoms with E-state index in [0.717, 1.165) is 11.3 Å². The Morgan fingerprint density at radius 1 is 1.14 bits per heavy atom. The molecular formula is C20H18N6O3. The molecule has 1 aromatic heterocycles. The largest absolute Gasteiger partial charge is 0.326 e. The summed E-state index contributed by atoms with van der Waals surface area (Å²) in [7, 11) is 0. The van der Waals surface area contributed by atoms with Gasteiger partial charge in [-0.25, -0.2) is 9.98 Å². The second kappa shape index (κ2) is 7.19. The first-order valence-electron chi connectivity index (χ1n) is 8.94. The van der Waals surface area contributed by atoms with Gasteiger partial charge in [0.15, 0.2) is 6.17 Å². The van der Waals surface area contributed by atoms with Crippen LogP contribution in [-0.2, 0) is 0 Å². The maximum Gasteiger partial charge on any atom is 0.269 e. The smallest absolute Gasteiger partial charge is 0.269 e. The van der Waals surface area contributed by atoms with Gasteiger partial charge in [-0.3, -0.25) is 24.8 Å². The Morgan fingerprint density at radius 2 is 1.93 bits per heavy atom. The van der Waals surface area contributed by atoms with Crippen molar-refractivity contribution in [2.75, 3.05) is 10.6 Å². The van der Waals surface area contributed by atoms with Crippen LogP contribution in [0.5, 0.6) is 0 Å². The fourth-order valence-corrected chi connectivity index (χ4v) is 3.19. The molecule has 0 unspecified atom stereocenters. The van der Waals surface area contributed by atoms with Crippen molar-refractivity contribution in [2.24, 2.45) is 4.99 Å². The van der Waals surface area contributed by atoms with Crippen molar-refractivity contribution in [2.45, 2.75) is 20.0 Å². The number of hydrogen-bond acceptors (Lipinski definition) is 7. The summed E-state index contributed by atoms with van der Waals surface area (Å²) in [4.78, 5) is 32.4. The zero-order chi connectivity index (χ0) is 20.5. The maximum atomic E-state index is 12.7. The fraction of sp³-hybridized carbons (Fsp3) is 0.150. The van der Waals surface area contributed by atoms with Crippen LogP contribution < -0.4 is 16.2 Å². The number of aryl methyl sites for hydroxylation is 2. The molecule has 2 N–H and O–H groups in total. The van der Waals surface area contributed by atoms with Crippen LogP contribution in [0.2, 0.25) is 0 Å². The Morgan fingerprint density at radius 3 is 2.69 bits per heavy atom. The van der Waals surface area contributed by atoms with E-state index in [1.807, 2.05) is 31.2 Å². The highest BCUT2D eigenvalue weighted by molar-refractivity contribution is 6.03. The van der Waals surface area contributed by atoms with E-state index in [1.54, 1.807) is 19.1 Å². The third-order valence-electron chi connectivity index (χ3n) is 4.47. The van der Waals surface area contributed by atoms with E-state index in [2.05, 4.69) is 20.6 Å². The molecule has 0 radical (unpaired) electrons. The maximum absolute atomic E-state index is 12.7. The third kappa shape index (κ3) is 3.70. The SMILES string of the molecule is Cc1cccc(NC2=N[C@@H](c3cccc([N+](=O)[O-])c3)n3c(nc(C)cc3=O)N2)c1. The quantitative estimate of drug-likeness (QED) is 0.524. The van der Waals surface area contributed by atoms with E-state index in [-0.39, 0.29) is 11.2 Å². The summed E-state index contributed by atoms with van der Waals surface area (Å²) >= 11 is 0. The molecule has 2 aromatic carbocycles. The van der Waals surface area contributed by atoms with Gasteiger partial charge in [0.1, 0.15) is 0 Å². The predicted octanol–water partition coefficient (Wildman–Crippen LogP) is 3.21. The molecule has 0 saturated carbocycles. The molecule has 3 aromatic rings. The lowest BCUT2D eigenvalue weighted by molar-refractivity contribution is -0.384. The number of guanidine groups is 1. The third-order valence-corrected chi connectivity index (χ3v) is 4.47. The minimum Gasteiger partial charge on any atom is -0.326 e. The number of aromatic nitrogens is 2. The highest BCUT2D eigenvalue weighted by Crippen LogP contribution is 2.28. The van der Waals surface area contributed by atoms with Crippen LogP contribution in [0.3, 0.4) is 0 Å². The summed E-state index contributed by atoms with van der Waals surface area (Å²) in [6, 6.07) is 15.2. The van der Waals surface area contributed by atoms with E-state index >= 15 is 0 Å². The molecule has 4 rings (SSSR count). The summed E-state index contributed by atoms with van der Waals surface area (Å²) in [5.74, 6) is 0.710. The molecule has 0 spiro atoms. The lowest BCUT2D eigenvalue weighted by Crippen LogP contribution is -2.37. The van der Waals surface area contributed by atoms with Gasteiger partial charge in [-0.2, -0.15) is 0 Å². The normalized spacial score (nSPS) is 15.1. The molecule has 0 saturated heterocycles. The average Bonchev–Trinajstić information content (AvgIpc) is 2.67. The minimum absolute atomic E-state index is 0.0703. The first kappa shape index (κ1) is 18.4. The molecule has 0 fully saturated rings. The Kier molecular flexibility index (Phi) is 4.55. The number of nitro benzene ring substituents is 1. The molecule has 9 nitrogen and oxygen atoms in total. The van der Waals surface area contributed by atoms with Gasteiger partial charge in [-0.15, -0.1) is 0 Å². The van der Waals surface area contributed by atoms with Gasteiger partial charge in [0.2, 0.25) is 11.9 Å². The van der Waals surface area contributed by atoms with Gasteiger partial charge >= 0.3 is 0 Å². The number of nitrogens with one attached hydrogen (secondary N) is 2. The van der Waals surface area contributed by atoms with Crippen LogP contribution in [0.25, 0.3) is 0 Å². The number of hydrogen-bond donors (Lipinski definition) is 2. The lowest BCUT2D eigenvalue weighted by Gasteiger charge is -2.27. The number of nitro groups is 1. The molecular weight excluding hydrogens is 372 g/mol. The van der Waals surface area contributed by atoms with Crippen LogP contribution in [0.15, 0.2) is 64.4 Å². The molecule has 2 heterocycles. The standard InChI is InChI=1S/C20H18N6O3/c1-12-5-3-7-15(9-12)22-19-23-18(14-6-4-8-16(11-14)26(28)29)25-17(27)10-13(2)21-20(25)24-19/h3-11,18H,1-2H3,(H2,21,22,23,24)/t18-/m1/s1. The summed E-state index contributed by atoms with van der Waals surface area (Å²) in [5, 5.41) is 17.4. The Hall–Kier alpha value is -4.01. The van der Waals surface area contributed by atoms with Crippen molar-refractivity contribution in [1.29, 1.82) is 0 Å². The first-order valence-corrected chi connectivity index (χ1v) is 8.94.